The molecule has 1 heterocycles. The number of H-pyrrole nitrogens is 1. The molecule has 0 amide bonds. The Kier molecular flexibility index (Phi) is 3.68. The van der Waals surface area contributed by atoms with E-state index in [0.717, 1.165) is 5.56 Å². The molecule has 0 atom stereocenters. The number of aromatic amines is 1. The van der Waals surface area contributed by atoms with Crippen molar-refractivity contribution in [2.24, 2.45) is 7.05 Å². The molecule has 0 saturated carbocycles. The van der Waals surface area contributed by atoms with Gasteiger partial charge in [-0.2, -0.15) is 0 Å². The fourth-order valence-corrected chi connectivity index (χ4v) is 2.77. The number of thioether (sulfide) groups is 1. The number of aromatic nitrogens is 3. The number of hydrogen-bond donors (Lipinski definition) is 1. The predicted octanol–water partition coefficient (Wildman–Crippen LogP) is 2.30. The van der Waals surface area contributed by atoms with Gasteiger partial charge in [0.05, 0.1) is 4.47 Å². The summed E-state index contributed by atoms with van der Waals surface area (Å²) in [7, 11) is 1.63. The van der Waals surface area contributed by atoms with Crippen LogP contribution in [0.4, 0.5) is 4.39 Å². The maximum atomic E-state index is 13.3. The van der Waals surface area contributed by atoms with Crippen LogP contribution in [-0.4, -0.2) is 14.8 Å². The molecule has 4 nitrogen and oxygen atoms in total. The monoisotopic (exact) mass is 317 g/mol. The van der Waals surface area contributed by atoms with Crippen LogP contribution in [0.25, 0.3) is 0 Å². The van der Waals surface area contributed by atoms with E-state index in [-0.39, 0.29) is 11.5 Å². The average Bonchev–Trinajstić information content (AvgIpc) is 2.62. The number of nitrogens with one attached hydrogen (secondary N) is 1. The van der Waals surface area contributed by atoms with Gasteiger partial charge in [0.25, 0.3) is 0 Å². The molecular formula is C10H9BrFN3OS. The number of hydrogen-bond acceptors (Lipinski definition) is 3. The summed E-state index contributed by atoms with van der Waals surface area (Å²) in [5.41, 5.74) is 0.566. The molecule has 0 aliphatic rings. The zero-order chi connectivity index (χ0) is 12.4. The van der Waals surface area contributed by atoms with E-state index in [4.69, 9.17) is 0 Å². The minimum absolute atomic E-state index is 0.259. The molecule has 1 N–H and O–H groups in total. The van der Waals surface area contributed by atoms with Crippen LogP contribution < -0.4 is 5.69 Å². The third-order valence-electron chi connectivity index (χ3n) is 2.23. The Hall–Kier alpha value is -1.08. The standard InChI is InChI=1S/C10H9BrFN3OS/c1-15-9(16)13-14-10(15)17-5-6-3-2-4-7(12)8(6)11/h2-4H,5H2,1H3,(H,13,16). The van der Waals surface area contributed by atoms with E-state index >= 15 is 0 Å². The maximum Gasteiger partial charge on any atom is 0.343 e. The molecule has 1 aromatic heterocycles. The van der Waals surface area contributed by atoms with Crippen LogP contribution in [0.3, 0.4) is 0 Å². The Morgan fingerprint density at radius 2 is 2.35 bits per heavy atom. The number of rotatable bonds is 3. The van der Waals surface area contributed by atoms with Gasteiger partial charge in [0.15, 0.2) is 5.16 Å². The molecule has 0 fully saturated rings. The third-order valence-corrected chi connectivity index (χ3v) is 4.19. The highest BCUT2D eigenvalue weighted by Crippen LogP contribution is 2.26. The van der Waals surface area contributed by atoms with Crippen LogP contribution >= 0.6 is 27.7 Å². The minimum atomic E-state index is -0.293. The Bertz CT molecular complexity index is 595. The number of halogens is 2. The van der Waals surface area contributed by atoms with Gasteiger partial charge in [-0.15, -0.1) is 5.10 Å². The molecule has 1 aromatic carbocycles. The van der Waals surface area contributed by atoms with Gasteiger partial charge >= 0.3 is 5.69 Å². The summed E-state index contributed by atoms with van der Waals surface area (Å²) in [5.74, 6) is 0.246. The van der Waals surface area contributed by atoms with Gasteiger partial charge in [0.1, 0.15) is 5.82 Å². The van der Waals surface area contributed by atoms with Crippen molar-refractivity contribution in [3.8, 4) is 0 Å². The zero-order valence-corrected chi connectivity index (χ0v) is 11.3. The van der Waals surface area contributed by atoms with Crippen molar-refractivity contribution in [3.05, 3.63) is 44.5 Å². The largest absolute Gasteiger partial charge is 0.343 e. The molecule has 0 aliphatic heterocycles. The summed E-state index contributed by atoms with van der Waals surface area (Å²) in [4.78, 5) is 11.1. The van der Waals surface area contributed by atoms with E-state index in [1.807, 2.05) is 6.07 Å². The van der Waals surface area contributed by atoms with Crippen molar-refractivity contribution in [3.63, 3.8) is 0 Å². The van der Waals surface area contributed by atoms with Crippen LogP contribution in [0.2, 0.25) is 0 Å². The lowest BCUT2D eigenvalue weighted by Crippen LogP contribution is -2.12. The first-order valence-electron chi connectivity index (χ1n) is 4.76. The van der Waals surface area contributed by atoms with Crippen molar-refractivity contribution in [1.29, 1.82) is 0 Å². The van der Waals surface area contributed by atoms with Crippen LogP contribution in [-0.2, 0) is 12.8 Å². The quantitative estimate of drug-likeness (QED) is 0.884. The third kappa shape index (κ3) is 2.61. The lowest BCUT2D eigenvalue weighted by Gasteiger charge is -2.04. The highest BCUT2D eigenvalue weighted by Gasteiger charge is 2.08. The summed E-state index contributed by atoms with van der Waals surface area (Å²) >= 11 is 4.56. The summed E-state index contributed by atoms with van der Waals surface area (Å²) in [6.07, 6.45) is 0. The van der Waals surface area contributed by atoms with E-state index < -0.39 is 0 Å². The smallest absolute Gasteiger partial charge is 0.273 e. The molecule has 0 saturated heterocycles. The Labute approximate surface area is 109 Å². The summed E-state index contributed by atoms with van der Waals surface area (Å²) in [6.45, 7) is 0. The van der Waals surface area contributed by atoms with Crippen LogP contribution in [0.5, 0.6) is 0 Å². The molecule has 0 spiro atoms. The molecule has 90 valence electrons. The highest BCUT2D eigenvalue weighted by molar-refractivity contribution is 9.10. The van der Waals surface area contributed by atoms with Crippen LogP contribution in [0.1, 0.15) is 5.56 Å². The van der Waals surface area contributed by atoms with Crippen LogP contribution in [0.15, 0.2) is 32.6 Å². The second-order valence-corrected chi connectivity index (χ2v) is 5.11. The van der Waals surface area contributed by atoms with Gasteiger partial charge in [-0.25, -0.2) is 14.3 Å². The van der Waals surface area contributed by atoms with Crippen molar-refractivity contribution in [2.75, 3.05) is 0 Å². The van der Waals surface area contributed by atoms with Gasteiger partial charge < -0.3 is 0 Å². The molecule has 2 rings (SSSR count). The van der Waals surface area contributed by atoms with Gasteiger partial charge in [-0.05, 0) is 27.6 Å². The predicted molar refractivity (Wildman–Crippen MR) is 67.5 cm³/mol. The highest BCUT2D eigenvalue weighted by atomic mass is 79.9. The first-order chi connectivity index (χ1) is 8.09. The Balaban J connectivity index is 2.15. The molecule has 7 heteroatoms. The second kappa shape index (κ2) is 5.05. The van der Waals surface area contributed by atoms with Gasteiger partial charge in [0.2, 0.25) is 0 Å². The number of benzene rings is 1. The fraction of sp³-hybridized carbons (Fsp3) is 0.200. The molecule has 17 heavy (non-hydrogen) atoms. The van der Waals surface area contributed by atoms with Gasteiger partial charge in [-0.1, -0.05) is 23.9 Å². The van der Waals surface area contributed by atoms with Gasteiger partial charge in [-0.3, -0.25) is 4.57 Å². The summed E-state index contributed by atoms with van der Waals surface area (Å²) in [5, 5.41) is 6.79. The second-order valence-electron chi connectivity index (χ2n) is 3.37. The Morgan fingerprint density at radius 1 is 1.59 bits per heavy atom. The topological polar surface area (TPSA) is 50.7 Å². The number of nitrogens with zero attached hydrogens (tertiary/aromatic N) is 2. The summed E-state index contributed by atoms with van der Waals surface area (Å²) < 4.78 is 15.1. The molecular weight excluding hydrogens is 309 g/mol. The van der Waals surface area contributed by atoms with Crippen molar-refractivity contribution >= 4 is 27.7 Å². The molecule has 0 aliphatic carbocycles. The molecule has 2 aromatic rings. The lowest BCUT2D eigenvalue weighted by molar-refractivity contribution is 0.619. The van der Waals surface area contributed by atoms with E-state index in [2.05, 4.69) is 26.1 Å². The average molecular weight is 318 g/mol. The first-order valence-corrected chi connectivity index (χ1v) is 6.54. The van der Waals surface area contributed by atoms with E-state index in [1.54, 1.807) is 13.1 Å². The van der Waals surface area contributed by atoms with Crippen molar-refractivity contribution in [1.82, 2.24) is 14.8 Å². The fourth-order valence-electron chi connectivity index (χ4n) is 1.26. The van der Waals surface area contributed by atoms with E-state index in [9.17, 15) is 9.18 Å². The zero-order valence-electron chi connectivity index (χ0n) is 8.91. The van der Waals surface area contributed by atoms with Gasteiger partial charge in [0, 0.05) is 12.8 Å². The normalized spacial score (nSPS) is 10.8. The van der Waals surface area contributed by atoms with E-state index in [0.29, 0.717) is 15.4 Å². The van der Waals surface area contributed by atoms with E-state index in [1.165, 1.54) is 22.4 Å². The first kappa shape index (κ1) is 12.4. The summed E-state index contributed by atoms with van der Waals surface area (Å²) in [6, 6.07) is 4.87. The van der Waals surface area contributed by atoms with Crippen molar-refractivity contribution < 1.29 is 4.39 Å². The molecule has 0 radical (unpaired) electrons. The maximum absolute atomic E-state index is 13.3. The SMILES string of the molecule is Cn1c(SCc2cccc(F)c2Br)n[nH]c1=O. The van der Waals surface area contributed by atoms with Crippen LogP contribution in [0, 0.1) is 5.82 Å². The minimum Gasteiger partial charge on any atom is -0.273 e. The Morgan fingerprint density at radius 3 is 3.00 bits per heavy atom. The lowest BCUT2D eigenvalue weighted by atomic mass is 10.2. The molecule has 0 bridgehead atoms. The molecule has 0 unspecified atom stereocenters. The van der Waals surface area contributed by atoms with Crippen molar-refractivity contribution in [2.45, 2.75) is 10.9 Å².